The van der Waals surface area contributed by atoms with Crippen molar-refractivity contribution in [1.29, 1.82) is 0 Å². The van der Waals surface area contributed by atoms with E-state index in [1.807, 2.05) is 24.1 Å². The SMILES string of the molecule is CCC1NC(=O)C2(CCCC2)N(Cc2nc(C)cs2)C1=O. The van der Waals surface area contributed by atoms with Gasteiger partial charge in [-0.3, -0.25) is 9.59 Å². The van der Waals surface area contributed by atoms with Crippen LogP contribution >= 0.6 is 11.3 Å². The van der Waals surface area contributed by atoms with Gasteiger partial charge in [0.15, 0.2) is 0 Å². The van der Waals surface area contributed by atoms with Gasteiger partial charge in [-0.1, -0.05) is 19.8 Å². The zero-order valence-corrected chi connectivity index (χ0v) is 13.3. The standard InChI is InChI=1S/C15H21N3O2S/c1-3-11-13(19)18(8-12-16-10(2)9-21-12)15(14(20)17-11)6-4-5-7-15/h9,11H,3-8H2,1-2H3,(H,17,20). The van der Waals surface area contributed by atoms with Gasteiger partial charge < -0.3 is 10.2 Å². The summed E-state index contributed by atoms with van der Waals surface area (Å²) >= 11 is 1.56. The second-order valence-corrected chi connectivity index (χ2v) is 6.92. The highest BCUT2D eigenvalue weighted by molar-refractivity contribution is 7.09. The molecule has 1 saturated carbocycles. The molecule has 0 aromatic carbocycles. The highest BCUT2D eigenvalue weighted by atomic mass is 32.1. The molecule has 1 aliphatic carbocycles. The van der Waals surface area contributed by atoms with Crippen LogP contribution in [0.15, 0.2) is 5.38 Å². The van der Waals surface area contributed by atoms with E-state index >= 15 is 0 Å². The summed E-state index contributed by atoms with van der Waals surface area (Å²) in [5.41, 5.74) is 0.332. The molecule has 0 bridgehead atoms. The topological polar surface area (TPSA) is 62.3 Å². The van der Waals surface area contributed by atoms with Crippen LogP contribution in [0.25, 0.3) is 0 Å². The van der Waals surface area contributed by atoms with Gasteiger partial charge >= 0.3 is 0 Å². The van der Waals surface area contributed by atoms with E-state index in [9.17, 15) is 9.59 Å². The molecule has 2 fully saturated rings. The van der Waals surface area contributed by atoms with Crippen molar-refractivity contribution in [3.05, 3.63) is 16.1 Å². The van der Waals surface area contributed by atoms with Gasteiger partial charge in [-0.2, -0.15) is 0 Å². The molecule has 2 amide bonds. The minimum atomic E-state index is -0.637. The Labute approximate surface area is 128 Å². The average molecular weight is 307 g/mol. The predicted octanol–water partition coefficient (Wildman–Crippen LogP) is 2.00. The van der Waals surface area contributed by atoms with Gasteiger partial charge in [-0.15, -0.1) is 11.3 Å². The number of hydrogen-bond donors (Lipinski definition) is 1. The number of carbonyl (C=O) groups excluding carboxylic acids is 2. The monoisotopic (exact) mass is 307 g/mol. The van der Waals surface area contributed by atoms with E-state index in [0.29, 0.717) is 13.0 Å². The predicted molar refractivity (Wildman–Crippen MR) is 80.8 cm³/mol. The van der Waals surface area contributed by atoms with Crippen LogP contribution in [0.4, 0.5) is 0 Å². The fourth-order valence-corrected chi connectivity index (χ4v) is 4.21. The number of carbonyl (C=O) groups is 2. The smallest absolute Gasteiger partial charge is 0.246 e. The molecule has 21 heavy (non-hydrogen) atoms. The van der Waals surface area contributed by atoms with Crippen LogP contribution in [-0.2, 0) is 16.1 Å². The van der Waals surface area contributed by atoms with Crippen molar-refractivity contribution in [2.45, 2.75) is 64.1 Å². The van der Waals surface area contributed by atoms with E-state index < -0.39 is 5.54 Å². The van der Waals surface area contributed by atoms with Crippen molar-refractivity contribution in [1.82, 2.24) is 15.2 Å². The number of amides is 2. The first-order valence-electron chi connectivity index (χ1n) is 7.60. The summed E-state index contributed by atoms with van der Waals surface area (Å²) in [6.45, 7) is 4.34. The van der Waals surface area contributed by atoms with Gasteiger partial charge in [0, 0.05) is 11.1 Å². The molecular weight excluding hydrogens is 286 g/mol. The molecule has 1 aromatic heterocycles. The second kappa shape index (κ2) is 5.40. The lowest BCUT2D eigenvalue weighted by Gasteiger charge is -2.46. The largest absolute Gasteiger partial charge is 0.342 e. The molecule has 5 nitrogen and oxygen atoms in total. The van der Waals surface area contributed by atoms with Crippen LogP contribution in [0.3, 0.4) is 0 Å². The Morgan fingerprint density at radius 1 is 1.43 bits per heavy atom. The van der Waals surface area contributed by atoms with Gasteiger partial charge in [-0.05, 0) is 26.2 Å². The Kier molecular flexibility index (Phi) is 3.73. The van der Waals surface area contributed by atoms with Gasteiger partial charge in [0.2, 0.25) is 11.8 Å². The zero-order valence-electron chi connectivity index (χ0n) is 12.5. The first kappa shape index (κ1) is 14.5. The highest BCUT2D eigenvalue weighted by Crippen LogP contribution is 2.39. The Hall–Kier alpha value is -1.43. The summed E-state index contributed by atoms with van der Waals surface area (Å²) < 4.78 is 0. The summed E-state index contributed by atoms with van der Waals surface area (Å²) in [6, 6.07) is -0.384. The Morgan fingerprint density at radius 2 is 2.14 bits per heavy atom. The second-order valence-electron chi connectivity index (χ2n) is 5.98. The Morgan fingerprint density at radius 3 is 2.71 bits per heavy atom. The number of rotatable bonds is 3. The van der Waals surface area contributed by atoms with Gasteiger partial charge in [0.1, 0.15) is 16.6 Å². The molecule has 2 heterocycles. The third-order valence-corrected chi connectivity index (χ3v) is 5.56. The van der Waals surface area contributed by atoms with E-state index in [0.717, 1.165) is 36.4 Å². The number of aromatic nitrogens is 1. The average Bonchev–Trinajstić information content (AvgIpc) is 3.09. The minimum Gasteiger partial charge on any atom is -0.342 e. The number of nitrogens with one attached hydrogen (secondary N) is 1. The van der Waals surface area contributed by atoms with Crippen LogP contribution < -0.4 is 5.32 Å². The maximum atomic E-state index is 12.8. The first-order valence-corrected chi connectivity index (χ1v) is 8.48. The van der Waals surface area contributed by atoms with Crippen molar-refractivity contribution < 1.29 is 9.59 Å². The number of piperazine rings is 1. The lowest BCUT2D eigenvalue weighted by Crippen LogP contribution is -2.69. The van der Waals surface area contributed by atoms with Crippen molar-refractivity contribution >= 4 is 23.2 Å². The quantitative estimate of drug-likeness (QED) is 0.929. The summed E-state index contributed by atoms with van der Waals surface area (Å²) in [7, 11) is 0. The number of aryl methyl sites for hydroxylation is 1. The molecule has 1 aromatic rings. The maximum Gasteiger partial charge on any atom is 0.246 e. The van der Waals surface area contributed by atoms with Gasteiger partial charge in [-0.25, -0.2) is 4.98 Å². The van der Waals surface area contributed by atoms with Gasteiger partial charge in [0.05, 0.1) is 6.54 Å². The van der Waals surface area contributed by atoms with E-state index in [4.69, 9.17) is 0 Å². The first-order chi connectivity index (χ1) is 10.1. The molecule has 6 heteroatoms. The number of thiazole rings is 1. The summed E-state index contributed by atoms with van der Waals surface area (Å²) in [5.74, 6) is 0.0755. The highest BCUT2D eigenvalue weighted by Gasteiger charge is 2.53. The normalized spacial score (nSPS) is 24.7. The molecule has 1 saturated heterocycles. The van der Waals surface area contributed by atoms with Crippen LogP contribution in [-0.4, -0.2) is 33.3 Å². The van der Waals surface area contributed by atoms with Crippen molar-refractivity contribution in [3.63, 3.8) is 0 Å². The molecule has 1 atom stereocenters. The summed E-state index contributed by atoms with van der Waals surface area (Å²) in [6.07, 6.45) is 4.18. The van der Waals surface area contributed by atoms with E-state index in [-0.39, 0.29) is 17.9 Å². The molecule has 114 valence electrons. The molecular formula is C15H21N3O2S. The van der Waals surface area contributed by atoms with E-state index in [1.54, 1.807) is 11.3 Å². The third kappa shape index (κ3) is 2.35. The fraction of sp³-hybridized carbons (Fsp3) is 0.667. The van der Waals surface area contributed by atoms with Crippen LogP contribution in [0, 0.1) is 6.92 Å². The summed E-state index contributed by atoms with van der Waals surface area (Å²) in [5, 5.41) is 5.82. The molecule has 1 spiro atoms. The van der Waals surface area contributed by atoms with Crippen molar-refractivity contribution in [2.24, 2.45) is 0 Å². The Bertz CT molecular complexity index is 563. The lowest BCUT2D eigenvalue weighted by molar-refractivity contribution is -0.158. The molecule has 1 aliphatic heterocycles. The fourth-order valence-electron chi connectivity index (χ4n) is 3.45. The molecule has 3 rings (SSSR count). The van der Waals surface area contributed by atoms with E-state index in [2.05, 4.69) is 10.3 Å². The van der Waals surface area contributed by atoms with Crippen molar-refractivity contribution in [3.8, 4) is 0 Å². The van der Waals surface area contributed by atoms with Gasteiger partial charge in [0.25, 0.3) is 0 Å². The number of nitrogens with zero attached hydrogens (tertiary/aromatic N) is 2. The third-order valence-electron chi connectivity index (χ3n) is 4.61. The summed E-state index contributed by atoms with van der Waals surface area (Å²) in [4.78, 5) is 31.7. The molecule has 2 aliphatic rings. The Balaban J connectivity index is 1.93. The van der Waals surface area contributed by atoms with E-state index in [1.165, 1.54) is 0 Å². The van der Waals surface area contributed by atoms with Crippen LogP contribution in [0.5, 0.6) is 0 Å². The lowest BCUT2D eigenvalue weighted by atomic mass is 9.89. The van der Waals surface area contributed by atoms with Crippen LogP contribution in [0.2, 0.25) is 0 Å². The zero-order chi connectivity index (χ0) is 15.0. The van der Waals surface area contributed by atoms with Crippen molar-refractivity contribution in [2.75, 3.05) is 0 Å². The minimum absolute atomic E-state index is 0.0275. The molecule has 0 radical (unpaired) electrons. The molecule has 1 unspecified atom stereocenters. The number of hydrogen-bond acceptors (Lipinski definition) is 4. The van der Waals surface area contributed by atoms with Crippen LogP contribution in [0.1, 0.15) is 49.7 Å². The maximum absolute atomic E-state index is 12.8. The molecule has 1 N–H and O–H groups in total.